The predicted octanol–water partition coefficient (Wildman–Crippen LogP) is 6.59. The van der Waals surface area contributed by atoms with E-state index in [4.69, 9.17) is 10.5 Å². The maximum atomic E-state index is 12.7. The number of anilines is 1. The zero-order valence-corrected chi connectivity index (χ0v) is 27.7. The molecule has 5 N–H and O–H groups in total. The minimum absolute atomic E-state index is 0.0610. The number of thioether (sulfide) groups is 1. The van der Waals surface area contributed by atoms with Crippen molar-refractivity contribution in [2.75, 3.05) is 30.5 Å². The minimum Gasteiger partial charge on any atom is -0.494 e. The largest absolute Gasteiger partial charge is 0.494 e. The Morgan fingerprint density at radius 2 is 1.45 bits per heavy atom. The molecular weight excluding hydrogens is 572 g/mol. The van der Waals surface area contributed by atoms with Gasteiger partial charge in [-0.3, -0.25) is 14.4 Å². The van der Waals surface area contributed by atoms with Crippen LogP contribution in [0.3, 0.4) is 0 Å². The molecule has 0 saturated heterocycles. The van der Waals surface area contributed by atoms with Gasteiger partial charge in [-0.1, -0.05) is 95.0 Å². The number of nitrogens with one attached hydrogen (secondary N) is 3. The molecule has 0 aromatic heterocycles. The number of rotatable bonds is 25. The SMILES string of the molecule is CCCCCCCCCCCCNC(=O)CCCOc1ccc(NC(CCc2ccccc2)(NC(=O)CSC)C(N)=O)cc1. The van der Waals surface area contributed by atoms with Crippen molar-refractivity contribution >= 4 is 35.2 Å². The molecule has 0 heterocycles. The zero-order chi connectivity index (χ0) is 31.9. The fraction of sp³-hybridized carbons (Fsp3) is 0.571. The van der Waals surface area contributed by atoms with Crippen LogP contribution in [-0.4, -0.2) is 48.5 Å². The summed E-state index contributed by atoms with van der Waals surface area (Å²) < 4.78 is 5.83. The topological polar surface area (TPSA) is 123 Å². The van der Waals surface area contributed by atoms with Crippen LogP contribution in [0.5, 0.6) is 5.75 Å². The van der Waals surface area contributed by atoms with Crippen molar-refractivity contribution in [2.24, 2.45) is 5.73 Å². The number of amides is 3. The fourth-order valence-corrected chi connectivity index (χ4v) is 5.35. The predicted molar refractivity (Wildman–Crippen MR) is 183 cm³/mol. The smallest absolute Gasteiger partial charge is 0.264 e. The van der Waals surface area contributed by atoms with Gasteiger partial charge in [0.1, 0.15) is 5.75 Å². The first-order valence-electron chi connectivity index (χ1n) is 16.3. The second kappa shape index (κ2) is 22.3. The normalized spacial score (nSPS) is 12.2. The van der Waals surface area contributed by atoms with Crippen LogP contribution in [0.2, 0.25) is 0 Å². The summed E-state index contributed by atoms with van der Waals surface area (Å²) in [5.74, 6) is -0.00168. The number of carbonyl (C=O) groups is 3. The maximum Gasteiger partial charge on any atom is 0.264 e. The molecular formula is C35H54N4O4S. The first kappa shape index (κ1) is 37.0. The van der Waals surface area contributed by atoms with Crippen molar-refractivity contribution in [3.05, 3.63) is 60.2 Å². The van der Waals surface area contributed by atoms with Gasteiger partial charge in [0.15, 0.2) is 5.66 Å². The molecule has 2 aromatic carbocycles. The van der Waals surface area contributed by atoms with Crippen LogP contribution in [0.4, 0.5) is 5.69 Å². The molecule has 0 radical (unpaired) electrons. The number of hydrogen-bond donors (Lipinski definition) is 4. The Morgan fingerprint density at radius 3 is 2.07 bits per heavy atom. The van der Waals surface area contributed by atoms with E-state index in [0.29, 0.717) is 37.3 Å². The van der Waals surface area contributed by atoms with Crippen molar-refractivity contribution in [3.8, 4) is 5.75 Å². The highest BCUT2D eigenvalue weighted by molar-refractivity contribution is 7.99. The molecule has 0 aliphatic carbocycles. The number of nitrogens with two attached hydrogens (primary N) is 1. The monoisotopic (exact) mass is 626 g/mol. The van der Waals surface area contributed by atoms with Gasteiger partial charge < -0.3 is 26.4 Å². The van der Waals surface area contributed by atoms with Gasteiger partial charge in [0.05, 0.1) is 12.4 Å². The average molecular weight is 627 g/mol. The standard InChI is InChI=1S/C35H54N4O4S/c1-3-4-5-6-7-8-9-10-11-15-26-37-32(40)19-16-27-43-31-22-20-30(21-23-31)38-35(34(36)42,39-33(41)28-44-2)25-24-29-17-13-12-14-18-29/h12-14,17-18,20-23,38H,3-11,15-16,19,24-28H2,1-2H3,(H2,36,42)(H,37,40)(H,39,41). The molecule has 1 atom stereocenters. The van der Waals surface area contributed by atoms with Crippen LogP contribution >= 0.6 is 11.8 Å². The fourth-order valence-electron chi connectivity index (χ4n) is 5.02. The molecule has 0 spiro atoms. The summed E-state index contributed by atoms with van der Waals surface area (Å²) in [6.45, 7) is 3.41. The van der Waals surface area contributed by atoms with Crippen molar-refractivity contribution in [1.29, 1.82) is 0 Å². The van der Waals surface area contributed by atoms with Gasteiger partial charge in [-0.05, 0) is 55.3 Å². The lowest BCUT2D eigenvalue weighted by molar-refractivity contribution is -0.129. The zero-order valence-electron chi connectivity index (χ0n) is 26.8. The Hall–Kier alpha value is -3.20. The van der Waals surface area contributed by atoms with Crippen LogP contribution in [-0.2, 0) is 20.8 Å². The third-order valence-electron chi connectivity index (χ3n) is 7.56. The van der Waals surface area contributed by atoms with E-state index >= 15 is 0 Å². The second-order valence-electron chi connectivity index (χ2n) is 11.4. The highest BCUT2D eigenvalue weighted by atomic mass is 32.2. The van der Waals surface area contributed by atoms with E-state index in [2.05, 4.69) is 22.9 Å². The van der Waals surface area contributed by atoms with E-state index in [-0.39, 0.29) is 24.0 Å². The van der Waals surface area contributed by atoms with Crippen LogP contribution in [0.25, 0.3) is 0 Å². The Morgan fingerprint density at radius 1 is 0.818 bits per heavy atom. The molecule has 244 valence electrons. The van der Waals surface area contributed by atoms with Gasteiger partial charge in [0, 0.05) is 25.1 Å². The first-order valence-corrected chi connectivity index (χ1v) is 17.7. The van der Waals surface area contributed by atoms with Gasteiger partial charge in [-0.15, -0.1) is 0 Å². The molecule has 0 aliphatic rings. The molecule has 0 aliphatic heterocycles. The maximum absolute atomic E-state index is 12.7. The summed E-state index contributed by atoms with van der Waals surface area (Å²) in [5.41, 5.74) is 6.07. The number of ether oxygens (including phenoxy) is 1. The summed E-state index contributed by atoms with van der Waals surface area (Å²) in [5, 5.41) is 9.04. The number of primary amides is 1. The lowest BCUT2D eigenvalue weighted by atomic mass is 9.98. The lowest BCUT2D eigenvalue weighted by Gasteiger charge is -2.34. The Bertz CT molecular complexity index is 1080. The highest BCUT2D eigenvalue weighted by Gasteiger charge is 2.38. The lowest BCUT2D eigenvalue weighted by Crippen LogP contribution is -2.63. The average Bonchev–Trinajstić information content (AvgIpc) is 3.02. The van der Waals surface area contributed by atoms with Crippen molar-refractivity contribution in [3.63, 3.8) is 0 Å². The molecule has 9 heteroatoms. The molecule has 8 nitrogen and oxygen atoms in total. The van der Waals surface area contributed by atoms with Gasteiger partial charge in [0.25, 0.3) is 5.91 Å². The number of benzene rings is 2. The van der Waals surface area contributed by atoms with Crippen LogP contribution in [0, 0.1) is 0 Å². The van der Waals surface area contributed by atoms with E-state index in [0.717, 1.165) is 18.5 Å². The van der Waals surface area contributed by atoms with E-state index in [1.165, 1.54) is 69.5 Å². The van der Waals surface area contributed by atoms with Gasteiger partial charge in [0.2, 0.25) is 11.8 Å². The van der Waals surface area contributed by atoms with Crippen molar-refractivity contribution in [1.82, 2.24) is 10.6 Å². The third-order valence-corrected chi connectivity index (χ3v) is 8.11. The van der Waals surface area contributed by atoms with Gasteiger partial charge in [-0.25, -0.2) is 0 Å². The number of carbonyl (C=O) groups excluding carboxylic acids is 3. The van der Waals surface area contributed by atoms with E-state index < -0.39 is 11.6 Å². The molecule has 3 amide bonds. The molecule has 1 unspecified atom stereocenters. The van der Waals surface area contributed by atoms with Gasteiger partial charge in [-0.2, -0.15) is 11.8 Å². The summed E-state index contributed by atoms with van der Waals surface area (Å²) >= 11 is 1.37. The van der Waals surface area contributed by atoms with Crippen LogP contribution in [0.1, 0.15) is 96.0 Å². The third kappa shape index (κ3) is 15.5. The molecule has 0 saturated carbocycles. The molecule has 0 fully saturated rings. The Labute approximate surface area is 269 Å². The quantitative estimate of drug-likeness (QED) is 0.0729. The van der Waals surface area contributed by atoms with Crippen LogP contribution < -0.4 is 26.4 Å². The summed E-state index contributed by atoms with van der Waals surface area (Å²) in [6.07, 6.45) is 16.5. The van der Waals surface area contributed by atoms with E-state index in [9.17, 15) is 14.4 Å². The second-order valence-corrected chi connectivity index (χ2v) is 12.2. The van der Waals surface area contributed by atoms with Crippen LogP contribution in [0.15, 0.2) is 54.6 Å². The summed E-state index contributed by atoms with van der Waals surface area (Å²) in [7, 11) is 0. The number of hydrogen-bond acceptors (Lipinski definition) is 6. The molecule has 0 bridgehead atoms. The molecule has 2 rings (SSSR count). The molecule has 44 heavy (non-hydrogen) atoms. The van der Waals surface area contributed by atoms with Gasteiger partial charge >= 0.3 is 0 Å². The summed E-state index contributed by atoms with van der Waals surface area (Å²) in [4.78, 5) is 37.4. The summed E-state index contributed by atoms with van der Waals surface area (Å²) in [6, 6.07) is 16.9. The van der Waals surface area contributed by atoms with Crippen molar-refractivity contribution in [2.45, 2.75) is 102 Å². The van der Waals surface area contributed by atoms with Crippen molar-refractivity contribution < 1.29 is 19.1 Å². The molecule has 2 aromatic rings. The Balaban J connectivity index is 1.72. The highest BCUT2D eigenvalue weighted by Crippen LogP contribution is 2.23. The number of aryl methyl sites for hydroxylation is 1. The Kier molecular flexibility index (Phi) is 18.8. The van der Waals surface area contributed by atoms with E-state index in [1.807, 2.05) is 36.6 Å². The van der Waals surface area contributed by atoms with E-state index in [1.54, 1.807) is 24.3 Å². The number of unbranched alkanes of at least 4 members (excludes halogenated alkanes) is 9. The minimum atomic E-state index is -1.45. The first-order chi connectivity index (χ1) is 21.4.